The van der Waals surface area contributed by atoms with E-state index in [0.29, 0.717) is 6.42 Å². The summed E-state index contributed by atoms with van der Waals surface area (Å²) in [6, 6.07) is 21.4. The van der Waals surface area contributed by atoms with Crippen molar-refractivity contribution < 1.29 is 4.79 Å². The average Bonchev–Trinajstić information content (AvgIpc) is 2.61. The number of amides is 1. The van der Waals surface area contributed by atoms with Gasteiger partial charge in [0.05, 0.1) is 0 Å². The number of nitrogens with zero attached hydrogens (tertiary/aromatic N) is 1. The Morgan fingerprint density at radius 1 is 0.826 bits per heavy atom. The molecule has 1 fully saturated rings. The lowest BCUT2D eigenvalue weighted by atomic mass is 10.0. The normalized spacial score (nSPS) is 14.4. The van der Waals surface area contributed by atoms with E-state index in [4.69, 9.17) is 0 Å². The van der Waals surface area contributed by atoms with Crippen LogP contribution in [0.1, 0.15) is 19.3 Å². The van der Waals surface area contributed by atoms with E-state index in [1.165, 1.54) is 21.5 Å². The van der Waals surface area contributed by atoms with E-state index in [1.54, 1.807) is 11.1 Å². The van der Waals surface area contributed by atoms with E-state index in [2.05, 4.69) is 67.2 Å². The average molecular weight is 303 g/mol. The van der Waals surface area contributed by atoms with Gasteiger partial charge in [-0.15, -0.1) is 0 Å². The largest absolute Gasteiger partial charge is 0.320 e. The first-order chi connectivity index (χ1) is 11.3. The molecule has 2 heteroatoms. The van der Waals surface area contributed by atoms with Crippen LogP contribution >= 0.6 is 0 Å². The van der Waals surface area contributed by atoms with Crippen molar-refractivity contribution in [2.75, 3.05) is 6.54 Å². The second-order valence-corrected chi connectivity index (χ2v) is 5.77. The fraction of sp³-hybridized carbons (Fsp3) is 0.190. The monoisotopic (exact) mass is 303 g/mol. The molecule has 3 aromatic carbocycles. The highest BCUT2D eigenvalue weighted by Crippen LogP contribution is 2.22. The van der Waals surface area contributed by atoms with Gasteiger partial charge in [0.15, 0.2) is 0 Å². The summed E-state index contributed by atoms with van der Waals surface area (Å²) in [6.07, 6.45) is 4.48. The summed E-state index contributed by atoms with van der Waals surface area (Å²) >= 11 is 0. The molecular weight excluding hydrogens is 282 g/mol. The Labute approximate surface area is 137 Å². The zero-order chi connectivity index (χ0) is 16.1. The minimum absolute atomic E-state index is 0.219. The number of carbonyl (C=O) groups is 1. The van der Waals surface area contributed by atoms with Crippen molar-refractivity contribution in [3.05, 3.63) is 73.4 Å². The van der Waals surface area contributed by atoms with Gasteiger partial charge < -0.3 is 4.90 Å². The Morgan fingerprint density at radius 3 is 1.65 bits per heavy atom. The molecule has 1 amide bonds. The molecule has 0 N–H and O–H groups in total. The van der Waals surface area contributed by atoms with Gasteiger partial charge in [0.25, 0.3) is 0 Å². The topological polar surface area (TPSA) is 20.3 Å². The Hall–Kier alpha value is -2.61. The molecule has 0 unspecified atom stereocenters. The van der Waals surface area contributed by atoms with E-state index < -0.39 is 0 Å². The fourth-order valence-electron chi connectivity index (χ4n) is 2.90. The van der Waals surface area contributed by atoms with Crippen LogP contribution in [0.25, 0.3) is 21.5 Å². The quantitative estimate of drug-likeness (QED) is 0.570. The standard InChI is InChI=1S/C14H10.C7H11NO/c1-2-6-12-10-14-8-4-3-7-13(14)9-11(12)5-1;1-2-8-6-4-3-5-7(8)9/h1-10H;2H,1,3-6H2. The van der Waals surface area contributed by atoms with E-state index in [-0.39, 0.29) is 5.91 Å². The molecular formula is C21H21NO. The first-order valence-corrected chi connectivity index (χ1v) is 8.07. The van der Waals surface area contributed by atoms with E-state index >= 15 is 0 Å². The summed E-state index contributed by atoms with van der Waals surface area (Å²) in [6.45, 7) is 4.40. The first kappa shape index (κ1) is 15.3. The van der Waals surface area contributed by atoms with Gasteiger partial charge in [0.1, 0.15) is 0 Å². The summed E-state index contributed by atoms with van der Waals surface area (Å²) in [7, 11) is 0. The van der Waals surface area contributed by atoms with E-state index in [9.17, 15) is 4.79 Å². The number of likely N-dealkylation sites (tertiary alicyclic amines) is 1. The fourth-order valence-corrected chi connectivity index (χ4v) is 2.90. The molecule has 0 bridgehead atoms. The smallest absolute Gasteiger partial charge is 0.226 e. The maximum absolute atomic E-state index is 10.9. The van der Waals surface area contributed by atoms with Crippen molar-refractivity contribution in [3.8, 4) is 0 Å². The zero-order valence-corrected chi connectivity index (χ0v) is 13.2. The molecule has 1 aliphatic rings. The maximum Gasteiger partial charge on any atom is 0.226 e. The van der Waals surface area contributed by atoms with Crippen molar-refractivity contribution in [2.24, 2.45) is 0 Å². The van der Waals surface area contributed by atoms with E-state index in [1.807, 2.05) is 0 Å². The summed E-state index contributed by atoms with van der Waals surface area (Å²) in [5.41, 5.74) is 0. The summed E-state index contributed by atoms with van der Waals surface area (Å²) in [5.74, 6) is 0.219. The Balaban J connectivity index is 0.000000151. The molecule has 4 rings (SSSR count). The number of rotatable bonds is 1. The zero-order valence-electron chi connectivity index (χ0n) is 13.2. The van der Waals surface area contributed by atoms with E-state index in [0.717, 1.165) is 19.4 Å². The van der Waals surface area contributed by atoms with Gasteiger partial charge >= 0.3 is 0 Å². The molecule has 0 aliphatic carbocycles. The van der Waals surface area contributed by atoms with Crippen molar-refractivity contribution in [1.29, 1.82) is 0 Å². The summed E-state index contributed by atoms with van der Waals surface area (Å²) in [5, 5.41) is 5.25. The molecule has 0 aromatic heterocycles. The Morgan fingerprint density at radius 2 is 1.30 bits per heavy atom. The predicted octanol–water partition coefficient (Wildman–Crippen LogP) is 5.14. The lowest BCUT2D eigenvalue weighted by Gasteiger charge is -2.21. The molecule has 116 valence electrons. The van der Waals surface area contributed by atoms with Crippen LogP contribution < -0.4 is 0 Å². The number of piperidine rings is 1. The second kappa shape index (κ2) is 7.10. The predicted molar refractivity (Wildman–Crippen MR) is 97.2 cm³/mol. The highest BCUT2D eigenvalue weighted by atomic mass is 16.2. The molecule has 0 saturated carbocycles. The number of fused-ring (bicyclic) bond motifs is 2. The molecule has 1 saturated heterocycles. The number of carbonyl (C=O) groups excluding carboxylic acids is 1. The Kier molecular flexibility index (Phi) is 4.72. The van der Waals surface area contributed by atoms with Gasteiger partial charge in [-0.05, 0) is 52.7 Å². The minimum Gasteiger partial charge on any atom is -0.320 e. The summed E-state index contributed by atoms with van der Waals surface area (Å²) in [4.78, 5) is 12.6. The number of hydrogen-bond acceptors (Lipinski definition) is 1. The van der Waals surface area contributed by atoms with Crippen LogP contribution in [0.5, 0.6) is 0 Å². The number of hydrogen-bond donors (Lipinski definition) is 0. The van der Waals surface area contributed by atoms with Crippen molar-refractivity contribution in [3.63, 3.8) is 0 Å². The molecule has 1 heterocycles. The van der Waals surface area contributed by atoms with Crippen LogP contribution in [0.15, 0.2) is 73.4 Å². The van der Waals surface area contributed by atoms with Crippen LogP contribution in [0, 0.1) is 0 Å². The first-order valence-electron chi connectivity index (χ1n) is 8.07. The third-order valence-electron chi connectivity index (χ3n) is 4.19. The van der Waals surface area contributed by atoms with Crippen LogP contribution in [-0.2, 0) is 4.79 Å². The third-order valence-corrected chi connectivity index (χ3v) is 4.19. The van der Waals surface area contributed by atoms with Gasteiger partial charge in [-0.1, -0.05) is 55.1 Å². The maximum atomic E-state index is 10.9. The molecule has 0 atom stereocenters. The molecule has 0 radical (unpaired) electrons. The van der Waals surface area contributed by atoms with Crippen molar-refractivity contribution in [2.45, 2.75) is 19.3 Å². The lowest BCUT2D eigenvalue weighted by Crippen LogP contribution is -2.29. The second-order valence-electron chi connectivity index (χ2n) is 5.77. The van der Waals surface area contributed by atoms with Gasteiger partial charge in [-0.2, -0.15) is 0 Å². The SMILES string of the molecule is C=CN1CCCCC1=O.c1ccc2cc3ccccc3cc2c1. The third kappa shape index (κ3) is 3.59. The van der Waals surface area contributed by atoms with Crippen LogP contribution in [0.2, 0.25) is 0 Å². The van der Waals surface area contributed by atoms with Gasteiger partial charge in [0.2, 0.25) is 5.91 Å². The molecule has 23 heavy (non-hydrogen) atoms. The molecule has 0 spiro atoms. The van der Waals surface area contributed by atoms with Gasteiger partial charge in [0, 0.05) is 13.0 Å². The number of benzene rings is 3. The van der Waals surface area contributed by atoms with Crippen molar-refractivity contribution >= 4 is 27.5 Å². The van der Waals surface area contributed by atoms with Gasteiger partial charge in [-0.3, -0.25) is 4.79 Å². The highest BCUT2D eigenvalue weighted by Gasteiger charge is 2.13. The molecule has 2 nitrogen and oxygen atoms in total. The highest BCUT2D eigenvalue weighted by molar-refractivity contribution is 5.98. The van der Waals surface area contributed by atoms with Gasteiger partial charge in [-0.25, -0.2) is 0 Å². The molecule has 1 aliphatic heterocycles. The van der Waals surface area contributed by atoms with Crippen LogP contribution in [-0.4, -0.2) is 17.4 Å². The lowest BCUT2D eigenvalue weighted by molar-refractivity contribution is -0.130. The van der Waals surface area contributed by atoms with Crippen LogP contribution in [0.3, 0.4) is 0 Å². The summed E-state index contributed by atoms with van der Waals surface area (Å²) < 4.78 is 0. The minimum atomic E-state index is 0.219. The Bertz CT molecular complexity index is 732. The van der Waals surface area contributed by atoms with Crippen molar-refractivity contribution in [1.82, 2.24) is 4.90 Å². The van der Waals surface area contributed by atoms with Crippen LogP contribution in [0.4, 0.5) is 0 Å². The molecule has 3 aromatic rings.